The van der Waals surface area contributed by atoms with Crippen molar-refractivity contribution in [1.82, 2.24) is 14.5 Å². The van der Waals surface area contributed by atoms with Crippen molar-refractivity contribution in [3.8, 4) is 22.5 Å². The number of hydrogen-bond acceptors (Lipinski definition) is 3. The Kier molecular flexibility index (Phi) is 7.87. The van der Waals surface area contributed by atoms with Crippen molar-refractivity contribution in [2.45, 2.75) is 37.9 Å². The van der Waals surface area contributed by atoms with Gasteiger partial charge in [0, 0.05) is 30.8 Å². The van der Waals surface area contributed by atoms with E-state index in [0.717, 1.165) is 66.6 Å². The number of benzene rings is 3. The fraction of sp³-hybridized carbons (Fsp3) is 0.290. The minimum absolute atomic E-state index is 0.214. The van der Waals surface area contributed by atoms with E-state index < -0.39 is 0 Å². The number of carbonyl (C=O) groups is 1. The molecule has 0 bridgehead atoms. The van der Waals surface area contributed by atoms with Crippen LogP contribution in [0.4, 0.5) is 0 Å². The van der Waals surface area contributed by atoms with Crippen LogP contribution in [0, 0.1) is 5.92 Å². The Hall–Kier alpha value is -3.31. The number of rotatable bonds is 8. The third-order valence-electron chi connectivity index (χ3n) is 7.00. The molecular weight excluding hydrogens is 462 g/mol. The monoisotopic (exact) mass is 495 g/mol. The van der Waals surface area contributed by atoms with Gasteiger partial charge in [0.2, 0.25) is 5.91 Å². The van der Waals surface area contributed by atoms with Gasteiger partial charge < -0.3 is 9.47 Å². The average Bonchev–Trinajstić information content (AvgIpc) is 3.32. The van der Waals surface area contributed by atoms with Crippen molar-refractivity contribution >= 4 is 17.7 Å². The van der Waals surface area contributed by atoms with Gasteiger partial charge in [-0.15, -0.1) is 0 Å². The third kappa shape index (κ3) is 5.57. The number of likely N-dealkylation sites (tertiary alicyclic amines) is 1. The maximum Gasteiger partial charge on any atom is 0.233 e. The summed E-state index contributed by atoms with van der Waals surface area (Å²) in [5.74, 6) is 1.29. The van der Waals surface area contributed by atoms with E-state index in [-0.39, 0.29) is 5.91 Å². The first-order valence-corrected chi connectivity index (χ1v) is 13.9. The number of carbonyl (C=O) groups excluding carboxylic acids is 1. The number of aromatic nitrogens is 2. The Morgan fingerprint density at radius 2 is 1.44 bits per heavy atom. The largest absolute Gasteiger partial charge is 0.342 e. The van der Waals surface area contributed by atoms with E-state index in [1.54, 1.807) is 11.8 Å². The summed E-state index contributed by atoms with van der Waals surface area (Å²) in [6.07, 6.45) is 3.26. The van der Waals surface area contributed by atoms with E-state index >= 15 is 0 Å². The van der Waals surface area contributed by atoms with E-state index in [1.165, 1.54) is 5.56 Å². The van der Waals surface area contributed by atoms with Gasteiger partial charge in [-0.2, -0.15) is 0 Å². The second-order valence-corrected chi connectivity index (χ2v) is 10.3. The van der Waals surface area contributed by atoms with Gasteiger partial charge in [0.25, 0.3) is 0 Å². The molecule has 1 aliphatic rings. The number of piperidine rings is 1. The number of nitrogens with zero attached hydrogens (tertiary/aromatic N) is 3. The standard InChI is InChI=1S/C31H33N3OS/c1-2-34-30(27-16-10-5-11-17-27)29(26-14-8-4-9-15-26)32-31(34)36-23-28(35)33-20-18-25(19-21-33)22-24-12-6-3-7-13-24/h3-17,25H,2,18-23H2,1H3. The van der Waals surface area contributed by atoms with Gasteiger partial charge in [-0.3, -0.25) is 4.79 Å². The van der Waals surface area contributed by atoms with Crippen molar-refractivity contribution in [2.75, 3.05) is 18.8 Å². The van der Waals surface area contributed by atoms with E-state index in [4.69, 9.17) is 4.98 Å². The molecule has 0 unspecified atom stereocenters. The van der Waals surface area contributed by atoms with Crippen LogP contribution in [0.5, 0.6) is 0 Å². The van der Waals surface area contributed by atoms with E-state index in [9.17, 15) is 4.79 Å². The van der Waals surface area contributed by atoms with Gasteiger partial charge in [0.15, 0.2) is 5.16 Å². The zero-order valence-electron chi connectivity index (χ0n) is 20.8. The predicted octanol–water partition coefficient (Wildman–Crippen LogP) is 6.81. The molecule has 5 rings (SSSR count). The Morgan fingerprint density at radius 3 is 2.06 bits per heavy atom. The zero-order valence-corrected chi connectivity index (χ0v) is 21.7. The molecule has 1 aromatic heterocycles. The van der Waals surface area contributed by atoms with Crippen LogP contribution in [-0.2, 0) is 17.8 Å². The molecule has 36 heavy (non-hydrogen) atoms. The SMILES string of the molecule is CCn1c(SCC(=O)N2CCC(Cc3ccccc3)CC2)nc(-c2ccccc2)c1-c1ccccc1. The minimum atomic E-state index is 0.214. The van der Waals surface area contributed by atoms with Crippen LogP contribution in [-0.4, -0.2) is 39.2 Å². The van der Waals surface area contributed by atoms with Crippen molar-refractivity contribution in [3.05, 3.63) is 96.6 Å². The van der Waals surface area contributed by atoms with Crippen LogP contribution >= 0.6 is 11.8 Å². The average molecular weight is 496 g/mol. The fourth-order valence-electron chi connectivity index (χ4n) is 5.07. The van der Waals surface area contributed by atoms with Crippen LogP contribution in [0.2, 0.25) is 0 Å². The predicted molar refractivity (Wildman–Crippen MR) is 149 cm³/mol. The number of thioether (sulfide) groups is 1. The highest BCUT2D eigenvalue weighted by Crippen LogP contribution is 2.36. The molecule has 184 valence electrons. The highest BCUT2D eigenvalue weighted by Gasteiger charge is 2.25. The molecule has 1 aliphatic heterocycles. The van der Waals surface area contributed by atoms with Gasteiger partial charge in [-0.25, -0.2) is 4.98 Å². The van der Waals surface area contributed by atoms with Gasteiger partial charge in [0.05, 0.1) is 17.1 Å². The highest BCUT2D eigenvalue weighted by atomic mass is 32.2. The number of hydrogen-bond donors (Lipinski definition) is 0. The van der Waals surface area contributed by atoms with Crippen molar-refractivity contribution in [3.63, 3.8) is 0 Å². The van der Waals surface area contributed by atoms with Gasteiger partial charge in [0.1, 0.15) is 0 Å². The quantitative estimate of drug-likeness (QED) is 0.252. The molecule has 1 amide bonds. The highest BCUT2D eigenvalue weighted by molar-refractivity contribution is 7.99. The molecule has 5 heteroatoms. The molecule has 0 N–H and O–H groups in total. The van der Waals surface area contributed by atoms with E-state index in [1.807, 2.05) is 29.2 Å². The van der Waals surface area contributed by atoms with Crippen molar-refractivity contribution in [1.29, 1.82) is 0 Å². The molecule has 0 atom stereocenters. The molecule has 0 aliphatic carbocycles. The van der Waals surface area contributed by atoms with Gasteiger partial charge in [-0.05, 0) is 37.7 Å². The van der Waals surface area contributed by atoms with Crippen molar-refractivity contribution < 1.29 is 4.79 Å². The molecule has 3 aromatic carbocycles. The molecule has 0 saturated carbocycles. The molecule has 0 spiro atoms. The Balaban J connectivity index is 1.28. The normalized spacial score (nSPS) is 14.2. The topological polar surface area (TPSA) is 38.1 Å². The molecule has 0 radical (unpaired) electrons. The first kappa shape index (κ1) is 24.4. The maximum atomic E-state index is 13.1. The summed E-state index contributed by atoms with van der Waals surface area (Å²) in [7, 11) is 0. The van der Waals surface area contributed by atoms with Crippen LogP contribution in [0.25, 0.3) is 22.5 Å². The lowest BCUT2D eigenvalue weighted by atomic mass is 9.90. The third-order valence-corrected chi connectivity index (χ3v) is 7.96. The minimum Gasteiger partial charge on any atom is -0.342 e. The Labute approximate surface area is 218 Å². The first-order valence-electron chi connectivity index (χ1n) is 12.9. The molecule has 4 nitrogen and oxygen atoms in total. The van der Waals surface area contributed by atoms with Crippen molar-refractivity contribution in [2.24, 2.45) is 5.92 Å². The summed E-state index contributed by atoms with van der Waals surface area (Å²) >= 11 is 1.56. The number of amides is 1. The summed E-state index contributed by atoms with van der Waals surface area (Å²) in [5.41, 5.74) is 5.72. The summed E-state index contributed by atoms with van der Waals surface area (Å²) in [5, 5.41) is 0.905. The summed E-state index contributed by atoms with van der Waals surface area (Å²) in [6, 6.07) is 31.5. The molecular formula is C31H33N3OS. The maximum absolute atomic E-state index is 13.1. The summed E-state index contributed by atoms with van der Waals surface area (Å²) in [4.78, 5) is 20.2. The number of imidazole rings is 1. The first-order chi connectivity index (χ1) is 17.7. The van der Waals surface area contributed by atoms with Crippen LogP contribution in [0.15, 0.2) is 96.2 Å². The lowest BCUT2D eigenvalue weighted by Crippen LogP contribution is -2.39. The molecule has 2 heterocycles. The van der Waals surface area contributed by atoms with Gasteiger partial charge >= 0.3 is 0 Å². The summed E-state index contributed by atoms with van der Waals surface area (Å²) in [6.45, 7) is 4.64. The molecule has 1 fully saturated rings. The lowest BCUT2D eigenvalue weighted by molar-refractivity contribution is -0.129. The Bertz CT molecular complexity index is 1260. The zero-order chi connectivity index (χ0) is 24.7. The van der Waals surface area contributed by atoms with E-state index in [0.29, 0.717) is 11.7 Å². The van der Waals surface area contributed by atoms with Crippen LogP contribution in [0.3, 0.4) is 0 Å². The molecule has 1 saturated heterocycles. The molecule has 4 aromatic rings. The fourth-order valence-corrected chi connectivity index (χ4v) is 6.04. The van der Waals surface area contributed by atoms with Crippen LogP contribution < -0.4 is 0 Å². The lowest BCUT2D eigenvalue weighted by Gasteiger charge is -2.32. The Morgan fingerprint density at radius 1 is 0.861 bits per heavy atom. The second kappa shape index (κ2) is 11.6. The van der Waals surface area contributed by atoms with Gasteiger partial charge in [-0.1, -0.05) is 103 Å². The van der Waals surface area contributed by atoms with Crippen LogP contribution in [0.1, 0.15) is 25.3 Å². The van der Waals surface area contributed by atoms with E-state index in [2.05, 4.69) is 78.2 Å². The second-order valence-electron chi connectivity index (χ2n) is 9.37. The smallest absolute Gasteiger partial charge is 0.233 e. The summed E-state index contributed by atoms with van der Waals surface area (Å²) < 4.78 is 2.25.